The lowest BCUT2D eigenvalue weighted by Gasteiger charge is -2.27. The number of ether oxygens (including phenoxy) is 1. The smallest absolute Gasteiger partial charge is 0.231 e. The van der Waals surface area contributed by atoms with Gasteiger partial charge in [-0.2, -0.15) is 0 Å². The Labute approximate surface area is 175 Å². The Morgan fingerprint density at radius 1 is 1.07 bits per heavy atom. The summed E-state index contributed by atoms with van der Waals surface area (Å²) in [4.78, 5) is 30.5. The molecule has 2 aromatic rings. The molecule has 0 atom stereocenters. The highest BCUT2D eigenvalue weighted by atomic mass is 32.1. The number of nitrogens with zero attached hydrogens (tertiary/aromatic N) is 5. The monoisotopic (exact) mass is 418 g/mol. The van der Waals surface area contributed by atoms with E-state index in [1.54, 1.807) is 11.3 Å². The van der Waals surface area contributed by atoms with Crippen LogP contribution in [0.1, 0.15) is 22.7 Å². The first kappa shape index (κ1) is 20.5. The molecule has 0 spiro atoms. The van der Waals surface area contributed by atoms with Crippen LogP contribution in [-0.2, 0) is 16.1 Å². The highest BCUT2D eigenvalue weighted by Gasteiger charge is 2.23. The normalized spacial score (nSPS) is 19.6. The van der Waals surface area contributed by atoms with Crippen molar-refractivity contribution in [3.05, 3.63) is 16.3 Å². The third-order valence-corrected chi connectivity index (χ3v) is 6.89. The minimum Gasteiger partial charge on any atom is -0.379 e. The molecule has 8 nitrogen and oxygen atoms in total. The van der Waals surface area contributed by atoms with Crippen LogP contribution >= 0.6 is 11.3 Å². The fourth-order valence-electron chi connectivity index (χ4n) is 4.09. The standard InChI is InChI=1S/C20H30N6O2S/c1-14-15(2)29-20-18(14)19(22-17(23-20)13-25-8-10-28-11-9-25)26-5-3-4-24(6-7-26)12-16(21)27/h3-13H2,1-2H3,(H2,21,27). The summed E-state index contributed by atoms with van der Waals surface area (Å²) in [7, 11) is 0. The van der Waals surface area contributed by atoms with Crippen molar-refractivity contribution in [2.45, 2.75) is 26.8 Å². The van der Waals surface area contributed by atoms with Crippen LogP contribution in [0.15, 0.2) is 0 Å². The van der Waals surface area contributed by atoms with Gasteiger partial charge in [0.25, 0.3) is 0 Å². The van der Waals surface area contributed by atoms with Crippen LogP contribution in [0, 0.1) is 13.8 Å². The minimum atomic E-state index is -0.264. The van der Waals surface area contributed by atoms with E-state index in [9.17, 15) is 4.79 Å². The van der Waals surface area contributed by atoms with E-state index in [1.165, 1.54) is 15.8 Å². The number of aryl methyl sites for hydroxylation is 2. The molecule has 0 bridgehead atoms. The molecule has 2 aliphatic heterocycles. The Bertz CT molecular complexity index is 879. The van der Waals surface area contributed by atoms with Crippen molar-refractivity contribution in [1.82, 2.24) is 19.8 Å². The van der Waals surface area contributed by atoms with Crippen LogP contribution in [0.5, 0.6) is 0 Å². The van der Waals surface area contributed by atoms with Crippen LogP contribution in [-0.4, -0.2) is 84.7 Å². The predicted molar refractivity (Wildman–Crippen MR) is 115 cm³/mol. The number of thiophene rings is 1. The van der Waals surface area contributed by atoms with Gasteiger partial charge in [0.1, 0.15) is 16.5 Å². The molecule has 0 saturated carbocycles. The maximum Gasteiger partial charge on any atom is 0.231 e. The molecule has 2 aromatic heterocycles. The van der Waals surface area contributed by atoms with E-state index in [2.05, 4.69) is 28.5 Å². The van der Waals surface area contributed by atoms with Gasteiger partial charge in [-0.05, 0) is 25.8 Å². The van der Waals surface area contributed by atoms with E-state index in [-0.39, 0.29) is 5.91 Å². The largest absolute Gasteiger partial charge is 0.379 e. The fourth-order valence-corrected chi connectivity index (χ4v) is 5.13. The first-order chi connectivity index (χ1) is 14.0. The fraction of sp³-hybridized carbons (Fsp3) is 0.650. The Morgan fingerprint density at radius 2 is 1.86 bits per heavy atom. The molecule has 0 unspecified atom stereocenters. The number of aromatic nitrogens is 2. The second-order valence-electron chi connectivity index (χ2n) is 7.90. The minimum absolute atomic E-state index is 0.264. The summed E-state index contributed by atoms with van der Waals surface area (Å²) in [6, 6.07) is 0. The zero-order valence-electron chi connectivity index (χ0n) is 17.3. The number of morpholine rings is 1. The Balaban J connectivity index is 1.63. The number of primary amides is 1. The number of hydrogen-bond donors (Lipinski definition) is 1. The Kier molecular flexibility index (Phi) is 6.29. The molecular formula is C20H30N6O2S. The zero-order chi connectivity index (χ0) is 20.4. The highest BCUT2D eigenvalue weighted by molar-refractivity contribution is 7.18. The van der Waals surface area contributed by atoms with Gasteiger partial charge < -0.3 is 15.4 Å². The first-order valence-electron chi connectivity index (χ1n) is 10.3. The molecular weight excluding hydrogens is 388 g/mol. The van der Waals surface area contributed by atoms with Gasteiger partial charge in [-0.3, -0.25) is 14.6 Å². The number of fused-ring (bicyclic) bond motifs is 1. The quantitative estimate of drug-likeness (QED) is 0.779. The molecule has 9 heteroatoms. The lowest BCUT2D eigenvalue weighted by molar-refractivity contribution is -0.119. The maximum absolute atomic E-state index is 11.3. The summed E-state index contributed by atoms with van der Waals surface area (Å²) in [6.45, 7) is 12.3. The number of hydrogen-bond acceptors (Lipinski definition) is 8. The van der Waals surface area contributed by atoms with Gasteiger partial charge in [-0.15, -0.1) is 11.3 Å². The third kappa shape index (κ3) is 4.69. The van der Waals surface area contributed by atoms with Crippen molar-refractivity contribution >= 4 is 33.3 Å². The van der Waals surface area contributed by atoms with Gasteiger partial charge >= 0.3 is 0 Å². The van der Waals surface area contributed by atoms with Crippen molar-refractivity contribution in [3.63, 3.8) is 0 Å². The Morgan fingerprint density at radius 3 is 2.62 bits per heavy atom. The highest BCUT2D eigenvalue weighted by Crippen LogP contribution is 2.35. The van der Waals surface area contributed by atoms with Crippen molar-refractivity contribution < 1.29 is 9.53 Å². The number of carbonyl (C=O) groups is 1. The van der Waals surface area contributed by atoms with Crippen LogP contribution in [0.3, 0.4) is 0 Å². The van der Waals surface area contributed by atoms with E-state index in [0.29, 0.717) is 6.54 Å². The van der Waals surface area contributed by atoms with Gasteiger partial charge in [-0.25, -0.2) is 9.97 Å². The number of nitrogens with two attached hydrogens (primary N) is 1. The SMILES string of the molecule is Cc1sc2nc(CN3CCOCC3)nc(N3CCCN(CC(N)=O)CC3)c2c1C. The lowest BCUT2D eigenvalue weighted by Crippen LogP contribution is -2.37. The topological polar surface area (TPSA) is 87.8 Å². The van der Waals surface area contributed by atoms with E-state index in [0.717, 1.165) is 81.9 Å². The van der Waals surface area contributed by atoms with Crippen LogP contribution < -0.4 is 10.6 Å². The molecule has 29 heavy (non-hydrogen) atoms. The van der Waals surface area contributed by atoms with Gasteiger partial charge in [0.15, 0.2) is 0 Å². The second kappa shape index (κ2) is 8.91. The molecule has 2 N–H and O–H groups in total. The van der Waals surface area contributed by atoms with Crippen molar-refractivity contribution in [2.24, 2.45) is 5.73 Å². The van der Waals surface area contributed by atoms with E-state index in [4.69, 9.17) is 20.4 Å². The van der Waals surface area contributed by atoms with Crippen LogP contribution in [0.4, 0.5) is 5.82 Å². The number of rotatable bonds is 5. The Hall–Kier alpha value is -1.81. The zero-order valence-corrected chi connectivity index (χ0v) is 18.1. The van der Waals surface area contributed by atoms with E-state index >= 15 is 0 Å². The summed E-state index contributed by atoms with van der Waals surface area (Å²) in [6.07, 6.45) is 0.986. The van der Waals surface area contributed by atoms with Gasteiger partial charge in [0.05, 0.1) is 31.7 Å². The predicted octanol–water partition coefficient (Wildman–Crippen LogP) is 1.14. The van der Waals surface area contributed by atoms with Gasteiger partial charge in [0, 0.05) is 44.1 Å². The third-order valence-electron chi connectivity index (χ3n) is 5.79. The number of carbonyl (C=O) groups excluding carboxylic acids is 1. The van der Waals surface area contributed by atoms with Crippen LogP contribution in [0.2, 0.25) is 0 Å². The second-order valence-corrected chi connectivity index (χ2v) is 9.10. The molecule has 1 amide bonds. The molecule has 4 rings (SSSR count). The number of anilines is 1. The van der Waals surface area contributed by atoms with E-state index < -0.39 is 0 Å². The molecule has 158 valence electrons. The summed E-state index contributed by atoms with van der Waals surface area (Å²) in [5.74, 6) is 1.66. The average molecular weight is 419 g/mol. The molecule has 2 fully saturated rings. The summed E-state index contributed by atoms with van der Waals surface area (Å²) < 4.78 is 5.47. The molecule has 0 aliphatic carbocycles. The van der Waals surface area contributed by atoms with Crippen molar-refractivity contribution in [3.8, 4) is 0 Å². The average Bonchev–Trinajstić information content (AvgIpc) is 2.84. The van der Waals surface area contributed by atoms with Crippen LogP contribution in [0.25, 0.3) is 10.2 Å². The summed E-state index contributed by atoms with van der Waals surface area (Å²) in [5, 5.41) is 1.18. The molecule has 2 saturated heterocycles. The van der Waals surface area contributed by atoms with Gasteiger partial charge in [0.2, 0.25) is 5.91 Å². The van der Waals surface area contributed by atoms with E-state index in [1.807, 2.05) is 0 Å². The van der Waals surface area contributed by atoms with Gasteiger partial charge in [-0.1, -0.05) is 0 Å². The summed E-state index contributed by atoms with van der Waals surface area (Å²) >= 11 is 1.75. The molecule has 4 heterocycles. The lowest BCUT2D eigenvalue weighted by atomic mass is 10.2. The summed E-state index contributed by atoms with van der Waals surface area (Å²) in [5.41, 5.74) is 6.67. The van der Waals surface area contributed by atoms with Crippen molar-refractivity contribution in [1.29, 1.82) is 0 Å². The number of amides is 1. The molecule has 0 aromatic carbocycles. The molecule has 0 radical (unpaired) electrons. The van der Waals surface area contributed by atoms with Crippen molar-refractivity contribution in [2.75, 3.05) is 63.9 Å². The molecule has 2 aliphatic rings. The maximum atomic E-state index is 11.3. The first-order valence-corrected chi connectivity index (χ1v) is 11.1.